The standard InChI is InChI=1S/C16H20N4O/c1-9(2)20-12-8-4-6-10-5-3-7-11(13(10)12)14(20)15(21)19-16(17)18/h4,6,8-9H,3,5,7H2,1-2H3,(H4,17,18,19,21). The molecule has 0 aliphatic heterocycles. The topological polar surface area (TPSA) is 86.4 Å². The number of carbonyl (C=O) groups excluding carboxylic acids is 1. The summed E-state index contributed by atoms with van der Waals surface area (Å²) in [6, 6.07) is 6.44. The Balaban J connectivity index is 2.38. The monoisotopic (exact) mass is 284 g/mol. The molecule has 2 aromatic rings. The number of aliphatic imine (C=N–C) groups is 1. The van der Waals surface area contributed by atoms with Crippen LogP contribution in [0.1, 0.15) is 47.9 Å². The zero-order valence-electron chi connectivity index (χ0n) is 12.4. The van der Waals surface area contributed by atoms with E-state index in [2.05, 4.69) is 41.6 Å². The summed E-state index contributed by atoms with van der Waals surface area (Å²) < 4.78 is 2.06. The van der Waals surface area contributed by atoms with E-state index in [4.69, 9.17) is 11.5 Å². The third-order valence-electron chi connectivity index (χ3n) is 4.04. The highest BCUT2D eigenvalue weighted by Gasteiger charge is 2.27. The van der Waals surface area contributed by atoms with Gasteiger partial charge in [-0.2, -0.15) is 4.99 Å². The summed E-state index contributed by atoms with van der Waals surface area (Å²) in [6.45, 7) is 4.14. The minimum atomic E-state index is -0.345. The lowest BCUT2D eigenvalue weighted by atomic mass is 9.91. The maximum absolute atomic E-state index is 12.5. The van der Waals surface area contributed by atoms with Crippen LogP contribution in [0.25, 0.3) is 10.9 Å². The summed E-state index contributed by atoms with van der Waals surface area (Å²) in [5.41, 5.74) is 14.9. The van der Waals surface area contributed by atoms with Crippen LogP contribution in [0.3, 0.4) is 0 Å². The smallest absolute Gasteiger partial charge is 0.297 e. The average Bonchev–Trinajstić information content (AvgIpc) is 2.75. The Labute approximate surface area is 123 Å². The third-order valence-corrected chi connectivity index (χ3v) is 4.04. The van der Waals surface area contributed by atoms with Gasteiger partial charge in [0.15, 0.2) is 5.96 Å². The maximum atomic E-state index is 12.5. The molecule has 110 valence electrons. The molecule has 4 N–H and O–H groups in total. The lowest BCUT2D eigenvalue weighted by molar-refractivity contribution is 0.0992. The molecule has 0 atom stereocenters. The minimum absolute atomic E-state index is 0.169. The highest BCUT2D eigenvalue weighted by atomic mass is 16.1. The number of nitrogens with two attached hydrogens (primary N) is 2. The van der Waals surface area contributed by atoms with Gasteiger partial charge >= 0.3 is 0 Å². The minimum Gasteiger partial charge on any atom is -0.370 e. The van der Waals surface area contributed by atoms with E-state index < -0.39 is 0 Å². The summed E-state index contributed by atoms with van der Waals surface area (Å²) in [4.78, 5) is 16.3. The van der Waals surface area contributed by atoms with Crippen molar-refractivity contribution in [3.63, 3.8) is 0 Å². The lowest BCUT2D eigenvalue weighted by Gasteiger charge is -2.13. The summed E-state index contributed by atoms with van der Waals surface area (Å²) in [6.07, 6.45) is 3.01. The SMILES string of the molecule is CC(C)n1c(C(=O)N=C(N)N)c2c3c(cccc31)CCC2. The first-order valence-electron chi connectivity index (χ1n) is 7.29. The van der Waals surface area contributed by atoms with Gasteiger partial charge < -0.3 is 16.0 Å². The first kappa shape index (κ1) is 13.7. The molecule has 1 aliphatic rings. The van der Waals surface area contributed by atoms with Crippen LogP contribution in [-0.2, 0) is 12.8 Å². The number of benzene rings is 1. The van der Waals surface area contributed by atoms with Crippen molar-refractivity contribution in [2.45, 2.75) is 39.2 Å². The van der Waals surface area contributed by atoms with Gasteiger partial charge in [0, 0.05) is 16.9 Å². The van der Waals surface area contributed by atoms with Crippen LogP contribution in [0, 0.1) is 0 Å². The largest absolute Gasteiger partial charge is 0.370 e. The van der Waals surface area contributed by atoms with Gasteiger partial charge in [-0.1, -0.05) is 12.1 Å². The normalized spacial score (nSPS) is 13.7. The lowest BCUT2D eigenvalue weighted by Crippen LogP contribution is -2.25. The predicted octanol–water partition coefficient (Wildman–Crippen LogP) is 2.12. The molecule has 3 rings (SSSR count). The zero-order chi connectivity index (χ0) is 15.1. The van der Waals surface area contributed by atoms with Crippen LogP contribution in [0.5, 0.6) is 0 Å². The van der Waals surface area contributed by atoms with Crippen LogP contribution >= 0.6 is 0 Å². The van der Waals surface area contributed by atoms with Crippen molar-refractivity contribution >= 4 is 22.8 Å². The Hall–Kier alpha value is -2.30. The molecule has 0 bridgehead atoms. The van der Waals surface area contributed by atoms with Gasteiger partial charge in [-0.15, -0.1) is 0 Å². The van der Waals surface area contributed by atoms with E-state index >= 15 is 0 Å². The predicted molar refractivity (Wildman–Crippen MR) is 84.5 cm³/mol. The number of carbonyl (C=O) groups is 1. The fourth-order valence-electron chi connectivity index (χ4n) is 3.37. The van der Waals surface area contributed by atoms with Gasteiger partial charge in [0.25, 0.3) is 5.91 Å². The Morgan fingerprint density at radius 1 is 1.29 bits per heavy atom. The molecule has 0 radical (unpaired) electrons. The molecule has 1 aromatic heterocycles. The molecule has 21 heavy (non-hydrogen) atoms. The Morgan fingerprint density at radius 3 is 2.71 bits per heavy atom. The number of aromatic nitrogens is 1. The number of nitrogens with zero attached hydrogens (tertiary/aromatic N) is 2. The van der Waals surface area contributed by atoms with Crippen molar-refractivity contribution in [1.29, 1.82) is 0 Å². The molecule has 1 aromatic carbocycles. The van der Waals surface area contributed by atoms with Gasteiger partial charge in [-0.3, -0.25) is 4.79 Å². The Bertz CT molecular complexity index is 751. The number of hydrogen-bond acceptors (Lipinski definition) is 1. The Morgan fingerprint density at radius 2 is 2.05 bits per heavy atom. The number of hydrogen-bond donors (Lipinski definition) is 2. The van der Waals surface area contributed by atoms with Gasteiger partial charge in [-0.05, 0) is 50.3 Å². The molecule has 0 saturated heterocycles. The van der Waals surface area contributed by atoms with Gasteiger partial charge in [0.1, 0.15) is 5.69 Å². The molecule has 0 unspecified atom stereocenters. The summed E-state index contributed by atoms with van der Waals surface area (Å²) in [5, 5.41) is 1.21. The zero-order valence-corrected chi connectivity index (χ0v) is 12.4. The molecule has 0 spiro atoms. The van der Waals surface area contributed by atoms with Crippen LogP contribution in [0.2, 0.25) is 0 Å². The first-order chi connectivity index (χ1) is 10.0. The van der Waals surface area contributed by atoms with Gasteiger partial charge in [-0.25, -0.2) is 0 Å². The summed E-state index contributed by atoms with van der Waals surface area (Å²) in [7, 11) is 0. The number of aryl methyl sites for hydroxylation is 2. The van der Waals surface area contributed by atoms with Crippen LogP contribution in [0.4, 0.5) is 0 Å². The van der Waals surface area contributed by atoms with Crippen molar-refractivity contribution in [3.8, 4) is 0 Å². The number of guanidine groups is 1. The van der Waals surface area contributed by atoms with E-state index in [1.165, 1.54) is 10.9 Å². The van der Waals surface area contributed by atoms with Gasteiger partial charge in [0.05, 0.1) is 0 Å². The molecule has 5 nitrogen and oxygen atoms in total. The van der Waals surface area contributed by atoms with E-state index in [0.717, 1.165) is 30.3 Å². The molecule has 0 fully saturated rings. The number of amides is 1. The summed E-state index contributed by atoms with van der Waals surface area (Å²) >= 11 is 0. The number of rotatable bonds is 2. The van der Waals surface area contributed by atoms with Gasteiger partial charge in [0.2, 0.25) is 0 Å². The third kappa shape index (κ3) is 2.09. The molecule has 0 saturated carbocycles. The average molecular weight is 284 g/mol. The van der Waals surface area contributed by atoms with E-state index in [1.807, 2.05) is 0 Å². The molecule has 1 heterocycles. The van der Waals surface area contributed by atoms with E-state index in [9.17, 15) is 4.79 Å². The van der Waals surface area contributed by atoms with Crippen LogP contribution in [0.15, 0.2) is 23.2 Å². The molecule has 1 aliphatic carbocycles. The van der Waals surface area contributed by atoms with Crippen LogP contribution < -0.4 is 11.5 Å². The van der Waals surface area contributed by atoms with Crippen LogP contribution in [-0.4, -0.2) is 16.4 Å². The molecular formula is C16H20N4O. The fraction of sp³-hybridized carbons (Fsp3) is 0.375. The molecule has 1 amide bonds. The van der Waals surface area contributed by atoms with Crippen molar-refractivity contribution in [2.24, 2.45) is 16.5 Å². The van der Waals surface area contributed by atoms with Crippen molar-refractivity contribution in [3.05, 3.63) is 35.0 Å². The summed E-state index contributed by atoms with van der Waals surface area (Å²) in [5.74, 6) is -0.536. The second kappa shape index (κ2) is 4.91. The highest BCUT2D eigenvalue weighted by Crippen LogP contribution is 2.36. The Kier molecular flexibility index (Phi) is 3.20. The van der Waals surface area contributed by atoms with E-state index in [1.54, 1.807) is 0 Å². The molecular weight excluding hydrogens is 264 g/mol. The van der Waals surface area contributed by atoms with Crippen molar-refractivity contribution in [1.82, 2.24) is 4.57 Å². The second-order valence-electron chi connectivity index (χ2n) is 5.80. The highest BCUT2D eigenvalue weighted by molar-refractivity contribution is 6.07. The maximum Gasteiger partial charge on any atom is 0.297 e. The van der Waals surface area contributed by atoms with Crippen molar-refractivity contribution < 1.29 is 4.79 Å². The fourth-order valence-corrected chi connectivity index (χ4v) is 3.37. The van der Waals surface area contributed by atoms with Crippen molar-refractivity contribution in [2.75, 3.05) is 0 Å². The van der Waals surface area contributed by atoms with E-state index in [-0.39, 0.29) is 17.9 Å². The molecule has 5 heteroatoms. The van der Waals surface area contributed by atoms with E-state index in [0.29, 0.717) is 5.69 Å². The first-order valence-corrected chi connectivity index (χ1v) is 7.29. The quantitative estimate of drug-likeness (QED) is 0.654. The second-order valence-corrected chi connectivity index (χ2v) is 5.80.